The minimum absolute atomic E-state index is 0.0230. The Bertz CT molecular complexity index is 6200. The van der Waals surface area contributed by atoms with Crippen LogP contribution in [0.5, 0.6) is 5.75 Å². The number of ether oxygens (including phenoxy) is 1. The van der Waals surface area contributed by atoms with E-state index in [1.807, 2.05) is 196 Å². The van der Waals surface area contributed by atoms with Gasteiger partial charge in [0.2, 0.25) is 53.2 Å². The number of aromatic nitrogens is 2. The molecule has 0 bridgehead atoms. The molecule has 10 aromatic rings. The van der Waals surface area contributed by atoms with Crippen molar-refractivity contribution in [2.24, 2.45) is 28.6 Å². The molecule has 5 fully saturated rings. The number of amides is 11. The molecule has 11 heterocycles. The van der Waals surface area contributed by atoms with Gasteiger partial charge in [0, 0.05) is 123 Å². The second-order valence-corrected chi connectivity index (χ2v) is 43.2. The Morgan fingerprint density at radius 1 is 0.447 bits per heavy atom. The number of aliphatic hydroxyl groups is 4. The minimum Gasteiger partial charge on any atom is -0.508 e. The monoisotopic (exact) mass is 1990 g/mol. The van der Waals surface area contributed by atoms with Gasteiger partial charge < -0.3 is 86.3 Å². The first-order valence-electron chi connectivity index (χ1n) is 47.9. The lowest BCUT2D eigenvalue weighted by Crippen LogP contribution is -2.58. The quantitative estimate of drug-likeness (QED) is 0.0241. The summed E-state index contributed by atoms with van der Waals surface area (Å²) in [6, 6.07) is 42.8. The maximum Gasteiger partial charge on any atom is 0.255 e. The molecule has 4 aromatic heterocycles. The molecule has 0 spiro atoms. The molecule has 5 saturated heterocycles. The van der Waals surface area contributed by atoms with Gasteiger partial charge in [-0.2, -0.15) is 0 Å². The molecule has 17 rings (SSSR count). The van der Waals surface area contributed by atoms with E-state index in [0.29, 0.717) is 62.6 Å². The first-order valence-corrected chi connectivity index (χ1v) is 51.4. The molecule has 0 unspecified atom stereocenters. The number of thiophene rings is 2. The highest BCUT2D eigenvalue weighted by Gasteiger charge is 2.50. The smallest absolute Gasteiger partial charge is 0.255 e. The minimum atomic E-state index is -0.871. The summed E-state index contributed by atoms with van der Waals surface area (Å²) in [6.45, 7) is 29.7. The van der Waals surface area contributed by atoms with E-state index in [9.17, 15) is 78.3 Å². The highest BCUT2D eigenvalue weighted by Crippen LogP contribution is 2.39. The van der Waals surface area contributed by atoms with Gasteiger partial charge in [-0.25, -0.2) is 9.97 Å². The van der Waals surface area contributed by atoms with Gasteiger partial charge in [0.25, 0.3) is 11.8 Å². The molecule has 12 atom stereocenters. The number of fused-ring (bicyclic) bond motifs is 2. The van der Waals surface area contributed by atoms with E-state index in [-0.39, 0.29) is 140 Å². The lowest BCUT2D eigenvalue weighted by atomic mass is 9.81. The Morgan fingerprint density at radius 3 is 1.12 bits per heavy atom. The Balaban J connectivity index is 0.000000150. The number of carbonyl (C=O) groups is 11. The highest BCUT2D eigenvalue weighted by atomic mass is 32.1. The van der Waals surface area contributed by atoms with Crippen molar-refractivity contribution in [2.75, 3.05) is 39.4 Å². The topological polar surface area (TPSA) is 404 Å². The zero-order chi connectivity index (χ0) is 101. The third-order valence-corrected chi connectivity index (χ3v) is 31.5. The van der Waals surface area contributed by atoms with Crippen molar-refractivity contribution < 1.29 is 83.0 Å². The van der Waals surface area contributed by atoms with Crippen molar-refractivity contribution in [2.45, 2.75) is 229 Å². The summed E-state index contributed by atoms with van der Waals surface area (Å²) >= 11 is 6.49. The van der Waals surface area contributed by atoms with E-state index in [0.717, 1.165) is 76.1 Å². The fraction of sp³-hybridized carbons (Fsp3) is 0.430. The predicted molar refractivity (Wildman–Crippen MR) is 542 cm³/mol. The molecule has 0 radical (unpaired) electrons. The molecule has 11 amide bonds. The third kappa shape index (κ3) is 24.2. The number of hydrogen-bond acceptors (Lipinski definition) is 23. The van der Waals surface area contributed by atoms with Gasteiger partial charge in [-0.05, 0) is 161 Å². The first kappa shape index (κ1) is 105. The van der Waals surface area contributed by atoms with Crippen LogP contribution in [-0.4, -0.2) is 236 Å². The number of aromatic hydroxyl groups is 1. The van der Waals surface area contributed by atoms with Crippen LogP contribution in [0.15, 0.2) is 173 Å². The Kier molecular flexibility index (Phi) is 33.6. The molecule has 7 aliphatic rings. The summed E-state index contributed by atoms with van der Waals surface area (Å²) < 4.78 is 5.11. The number of nitrogens with zero attached hydrogens (tertiary/aromatic N) is 8. The number of aryl methyl sites for hydroxylation is 4. The maximum absolute atomic E-state index is 13.8. The fourth-order valence-electron chi connectivity index (χ4n) is 18.9. The summed E-state index contributed by atoms with van der Waals surface area (Å²) in [6.07, 6.45) is -2.37. The zero-order valence-corrected chi connectivity index (χ0v) is 85.3. The van der Waals surface area contributed by atoms with Crippen LogP contribution in [0.4, 0.5) is 0 Å². The van der Waals surface area contributed by atoms with Crippen LogP contribution in [0.1, 0.15) is 172 Å². The summed E-state index contributed by atoms with van der Waals surface area (Å²) in [5, 5.41) is 70.1. The lowest BCUT2D eigenvalue weighted by Gasteiger charge is -2.37. The number of benzene rings is 6. The molecule has 10 N–H and O–H groups in total. The van der Waals surface area contributed by atoms with Gasteiger partial charge in [0.05, 0.1) is 75.2 Å². The number of thiazole rings is 2. The van der Waals surface area contributed by atoms with Crippen LogP contribution in [-0.2, 0) is 87.2 Å². The van der Waals surface area contributed by atoms with Crippen LogP contribution in [0.3, 0.4) is 0 Å². The molecule has 34 heteroatoms. The van der Waals surface area contributed by atoms with Gasteiger partial charge in [0.15, 0.2) is 0 Å². The molecule has 141 heavy (non-hydrogen) atoms. The van der Waals surface area contributed by atoms with Gasteiger partial charge in [0.1, 0.15) is 48.0 Å². The van der Waals surface area contributed by atoms with Crippen molar-refractivity contribution >= 4 is 110 Å². The number of rotatable bonds is 26. The SMILES string of the molecule is Cc1ccsc1-c1ccc(CNC(=O)[C@@H]2C[C@@H](O)CN2C(=O)[C@@H](C)C(C)(C)C)cc1.Cc1ccsc1-c1ccc(CNC(=O)[C@@H]2C[C@@H](O)CN2C(=O)[C@H](C(C)C)N2Cc3ccccc3C2=O)c(O)c1.Cc1ncsc1-c1ccc(CNC(=O)[C@@H]2C[C@@H](O)CN2C(=O)[C@H](C(C)C)N2Cc3ccccc3C2=O)cc1.Cc1ncsc1-c1ccc(CNC(=O)[C@@H]2C[C@@H](O)CN2C(=O)[C@H](C)NC(=O)C2(C)COC2)cc1. The predicted octanol–water partition coefficient (Wildman–Crippen LogP) is 12.3. The maximum atomic E-state index is 13.8. The van der Waals surface area contributed by atoms with Crippen LogP contribution < -0.4 is 26.6 Å². The summed E-state index contributed by atoms with van der Waals surface area (Å²) in [7, 11) is 0. The third-order valence-electron chi connectivity index (χ3n) is 27.4. The van der Waals surface area contributed by atoms with Gasteiger partial charge >= 0.3 is 0 Å². The van der Waals surface area contributed by atoms with Crippen molar-refractivity contribution in [3.63, 3.8) is 0 Å². The van der Waals surface area contributed by atoms with E-state index in [1.54, 1.807) is 104 Å². The number of β-amino-alcohol motifs (C(OH)–C–C–N with tert-alkyl or cyclic N) is 4. The van der Waals surface area contributed by atoms with E-state index < -0.39 is 83.9 Å². The van der Waals surface area contributed by atoms with Gasteiger partial charge in [-0.3, -0.25) is 52.7 Å². The number of likely N-dealkylation sites (tertiary alicyclic amines) is 4. The molecule has 30 nitrogen and oxygen atoms in total. The average molecular weight is 2000 g/mol. The number of nitrogens with one attached hydrogen (secondary N) is 5. The molecule has 6 aromatic carbocycles. The largest absolute Gasteiger partial charge is 0.508 e. The first-order chi connectivity index (χ1) is 67.1. The second-order valence-electron chi connectivity index (χ2n) is 39.7. The fourth-order valence-corrected chi connectivity index (χ4v) is 22.3. The van der Waals surface area contributed by atoms with E-state index in [4.69, 9.17) is 4.74 Å². The number of aliphatic hydroxyl groups excluding tert-OH is 4. The van der Waals surface area contributed by atoms with E-state index >= 15 is 0 Å². The molecule has 0 aliphatic carbocycles. The Labute approximate surface area is 838 Å². The normalized spacial score (nSPS) is 20.3. The molecule has 7 aliphatic heterocycles. The highest BCUT2D eigenvalue weighted by molar-refractivity contribution is 7.14. The Morgan fingerprint density at radius 2 is 0.794 bits per heavy atom. The average Bonchev–Trinajstić information content (AvgIpc) is 1.63. The van der Waals surface area contributed by atoms with Gasteiger partial charge in [-0.1, -0.05) is 177 Å². The number of carbonyl (C=O) groups excluding carboxylic acids is 11. The van der Waals surface area contributed by atoms with Gasteiger partial charge in [-0.15, -0.1) is 45.3 Å². The summed E-state index contributed by atoms with van der Waals surface area (Å²) in [5.41, 5.74) is 17.8. The van der Waals surface area contributed by atoms with Crippen molar-refractivity contribution in [3.05, 3.63) is 240 Å². The van der Waals surface area contributed by atoms with Crippen LogP contribution >= 0.6 is 45.3 Å². The van der Waals surface area contributed by atoms with Crippen molar-refractivity contribution in [1.82, 2.24) is 66.0 Å². The van der Waals surface area contributed by atoms with E-state index in [2.05, 4.69) is 67.1 Å². The molecule has 0 saturated carbocycles. The standard InChI is InChI=1S/C30H33N3O5S.C29H32N4O4S.C24H30N4O5S.C24H32N2O3S/c1-17(2)26(33-15-21-6-4-5-7-23(21)29(33)37)30(38)32-16-22(34)13-24(32)28(36)31-14-20-9-8-19(12-25(20)35)27-18(3)10-11-39-27;1-17(2)25(33-14-21-6-4-5-7-23(21)28(33)36)29(37)32-15-22(34)12-24(32)27(35)30-13-19-8-10-20(11-9-19)26-18(3)31-16-38-26;1-14-20(34-13-26-14)17-6-4-16(5-7-17)9-25-21(30)19-8-18(29)10-28(19)22(31)15(2)27-23(32)24(3)11-33-12-24;1-15-10-11-30-21(15)18-8-6-17(7-9-18)13-25-22(28)20-12-19(27)14-26(20)23(29)16(2)24(3,4)5/h4-12,17,22,24,26,34-35H,13-16H2,1-3H3,(H,31,36);4-11,16-17,22,24-25,34H,12-15H2,1-3H3,(H,30,35);4-7,13,15,18-19,29H,8-12H2,1-3H3,(H,25,30)(H,27,32);6-11,16,19-20,27H,12-14H2,1-5H3,(H,25,28)/t22-,24+,26+;22-,24+,25+;15-,18+,19-;16-,19-,20+/m1101/s1. The molecule has 746 valence electrons. The number of phenolic OH excluding ortho intramolecular Hbond substituents is 1. The van der Waals surface area contributed by atoms with Crippen LogP contribution in [0.25, 0.3) is 41.8 Å². The number of hydrogen-bond donors (Lipinski definition) is 10. The summed E-state index contributed by atoms with van der Waals surface area (Å²) in [4.78, 5) is 167. The zero-order valence-electron chi connectivity index (χ0n) is 82.0. The van der Waals surface area contributed by atoms with Crippen LogP contribution in [0.2, 0.25) is 0 Å². The Hall–Kier alpha value is -12.3. The van der Waals surface area contributed by atoms with Crippen molar-refractivity contribution in [1.29, 1.82) is 0 Å². The second kappa shape index (κ2) is 45.3. The number of phenols is 1. The van der Waals surface area contributed by atoms with E-state index in [1.165, 1.54) is 30.7 Å². The summed E-state index contributed by atoms with van der Waals surface area (Å²) in [5.74, 6) is -3.51. The molecular formula is C107H127N13O17S4. The molecular weight excluding hydrogens is 1870 g/mol. The van der Waals surface area contributed by atoms with Crippen LogP contribution in [0, 0.1) is 56.3 Å². The van der Waals surface area contributed by atoms with Crippen molar-refractivity contribution in [3.8, 4) is 47.5 Å². The lowest BCUT2D eigenvalue weighted by molar-refractivity contribution is -0.160.